The summed E-state index contributed by atoms with van der Waals surface area (Å²) in [6, 6.07) is 23.8. The summed E-state index contributed by atoms with van der Waals surface area (Å²) in [7, 11) is 0. The minimum atomic E-state index is -0.333. The van der Waals surface area contributed by atoms with E-state index in [1.165, 1.54) is 6.92 Å². The number of fused-ring (bicyclic) bond motifs is 5. The van der Waals surface area contributed by atoms with E-state index >= 15 is 0 Å². The molecule has 0 radical (unpaired) electrons. The Morgan fingerprint density at radius 1 is 0.828 bits per heavy atom. The van der Waals surface area contributed by atoms with Gasteiger partial charge in [0, 0.05) is 33.1 Å². The van der Waals surface area contributed by atoms with Gasteiger partial charge in [-0.1, -0.05) is 54.6 Å². The summed E-state index contributed by atoms with van der Waals surface area (Å²) in [6.45, 7) is 1.40. The summed E-state index contributed by atoms with van der Waals surface area (Å²) >= 11 is 3.87. The molecule has 4 nitrogen and oxygen atoms in total. The average Bonchev–Trinajstić information content (AvgIpc) is 2.74. The quantitative estimate of drug-likeness (QED) is 0.183. The van der Waals surface area contributed by atoms with E-state index in [2.05, 4.69) is 44.3 Å². The number of esters is 1. The van der Waals surface area contributed by atoms with E-state index in [1.54, 1.807) is 0 Å². The molecule has 1 heterocycles. The van der Waals surface area contributed by atoms with E-state index in [9.17, 15) is 4.79 Å². The van der Waals surface area contributed by atoms with Crippen LogP contribution in [0.25, 0.3) is 43.7 Å². The first-order chi connectivity index (χ1) is 14.1. The van der Waals surface area contributed by atoms with Crippen LogP contribution >= 0.6 is 15.9 Å². The van der Waals surface area contributed by atoms with E-state index in [1.807, 2.05) is 54.6 Å². The normalized spacial score (nSPS) is 11.2. The van der Waals surface area contributed by atoms with Gasteiger partial charge < -0.3 is 4.74 Å². The monoisotopic (exact) mass is 442 g/mol. The molecule has 0 aliphatic rings. The molecule has 0 spiro atoms. The van der Waals surface area contributed by atoms with Crippen molar-refractivity contribution < 1.29 is 9.53 Å². The Morgan fingerprint density at radius 2 is 1.48 bits per heavy atom. The number of nitrogens with zero attached hydrogens (tertiary/aromatic N) is 2. The number of carbonyl (C=O) groups is 1. The van der Waals surface area contributed by atoms with Gasteiger partial charge in [0.15, 0.2) is 0 Å². The molecule has 0 saturated heterocycles. The number of rotatable bonds is 2. The third-order valence-corrected chi connectivity index (χ3v) is 5.76. The van der Waals surface area contributed by atoms with Crippen molar-refractivity contribution in [1.82, 2.24) is 10.2 Å². The van der Waals surface area contributed by atoms with Crippen molar-refractivity contribution in [2.75, 3.05) is 0 Å². The summed E-state index contributed by atoms with van der Waals surface area (Å²) in [6.07, 6.45) is 0. The summed E-state index contributed by atoms with van der Waals surface area (Å²) in [5, 5.41) is 13.2. The van der Waals surface area contributed by atoms with Crippen LogP contribution < -0.4 is 4.74 Å². The van der Waals surface area contributed by atoms with Crippen LogP contribution in [0.1, 0.15) is 6.92 Å². The summed E-state index contributed by atoms with van der Waals surface area (Å²) in [4.78, 5) is 11.2. The average molecular weight is 443 g/mol. The predicted octanol–water partition coefficient (Wildman–Crippen LogP) is 6.29. The van der Waals surface area contributed by atoms with Gasteiger partial charge in [-0.25, -0.2) is 0 Å². The standard InChI is InChI=1S/C24H15BrN2O2/c1-14(28)29-16-12-10-15(11-13-16)21-17-6-2-3-7-18(17)24-22(23(21)25)19-8-4-5-9-20(19)26-27-24/h2-13H,1H3. The third-order valence-electron chi connectivity index (χ3n) is 4.96. The Bertz CT molecular complexity index is 1410. The first kappa shape index (κ1) is 17.8. The first-order valence-corrected chi connectivity index (χ1v) is 9.97. The highest BCUT2D eigenvalue weighted by Gasteiger charge is 2.17. The lowest BCUT2D eigenvalue weighted by Gasteiger charge is -2.15. The lowest BCUT2D eigenvalue weighted by Crippen LogP contribution is -2.00. The van der Waals surface area contributed by atoms with E-state index in [4.69, 9.17) is 4.74 Å². The molecule has 0 aliphatic heterocycles. The van der Waals surface area contributed by atoms with Crippen molar-refractivity contribution in [3.05, 3.63) is 77.3 Å². The lowest BCUT2D eigenvalue weighted by atomic mass is 9.94. The number of hydrogen-bond acceptors (Lipinski definition) is 4. The molecule has 5 rings (SSSR count). The van der Waals surface area contributed by atoms with Gasteiger partial charge in [-0.3, -0.25) is 4.79 Å². The van der Waals surface area contributed by atoms with Crippen molar-refractivity contribution in [1.29, 1.82) is 0 Å². The molecular formula is C24H15BrN2O2. The summed E-state index contributed by atoms with van der Waals surface area (Å²) in [5.41, 5.74) is 3.81. The Hall–Kier alpha value is -3.31. The zero-order valence-corrected chi connectivity index (χ0v) is 17.1. The Balaban J connectivity index is 1.87. The first-order valence-electron chi connectivity index (χ1n) is 9.17. The highest BCUT2D eigenvalue weighted by atomic mass is 79.9. The van der Waals surface area contributed by atoms with Gasteiger partial charge in [-0.15, -0.1) is 10.2 Å². The fourth-order valence-electron chi connectivity index (χ4n) is 3.75. The Kier molecular flexibility index (Phi) is 4.25. The van der Waals surface area contributed by atoms with Gasteiger partial charge >= 0.3 is 5.97 Å². The molecule has 0 aliphatic carbocycles. The van der Waals surface area contributed by atoms with Crippen LogP contribution in [0.3, 0.4) is 0 Å². The van der Waals surface area contributed by atoms with Crippen LogP contribution in [-0.4, -0.2) is 16.2 Å². The summed E-state index contributed by atoms with van der Waals surface area (Å²) in [5.74, 6) is 0.193. The van der Waals surface area contributed by atoms with Crippen molar-refractivity contribution in [3.63, 3.8) is 0 Å². The molecule has 5 heteroatoms. The number of hydrogen-bond donors (Lipinski definition) is 0. The minimum absolute atomic E-state index is 0.333. The topological polar surface area (TPSA) is 52.1 Å². The molecule has 140 valence electrons. The van der Waals surface area contributed by atoms with Crippen LogP contribution in [0, 0.1) is 0 Å². The molecule has 0 N–H and O–H groups in total. The maximum atomic E-state index is 11.2. The fraction of sp³-hybridized carbons (Fsp3) is 0.0417. The van der Waals surface area contributed by atoms with Crippen molar-refractivity contribution in [2.24, 2.45) is 0 Å². The smallest absolute Gasteiger partial charge is 0.308 e. The number of benzene rings is 4. The maximum absolute atomic E-state index is 11.2. The van der Waals surface area contributed by atoms with Crippen LogP contribution in [0.15, 0.2) is 77.3 Å². The second kappa shape index (κ2) is 6.94. The molecule has 0 amide bonds. The van der Waals surface area contributed by atoms with Crippen LogP contribution in [0.5, 0.6) is 5.75 Å². The van der Waals surface area contributed by atoms with Gasteiger partial charge in [0.2, 0.25) is 0 Å². The number of carbonyl (C=O) groups excluding carboxylic acids is 1. The van der Waals surface area contributed by atoms with Gasteiger partial charge in [0.25, 0.3) is 0 Å². The number of aromatic nitrogens is 2. The molecule has 0 bridgehead atoms. The molecular weight excluding hydrogens is 428 g/mol. The Labute approximate surface area is 175 Å². The van der Waals surface area contributed by atoms with Crippen LogP contribution in [0.2, 0.25) is 0 Å². The van der Waals surface area contributed by atoms with Gasteiger partial charge in [-0.2, -0.15) is 0 Å². The van der Waals surface area contributed by atoms with Gasteiger partial charge in [-0.05, 0) is 45.1 Å². The van der Waals surface area contributed by atoms with Crippen LogP contribution in [0.4, 0.5) is 0 Å². The SMILES string of the molecule is CC(=O)Oc1ccc(-c2c(Br)c3c4ccccc4nnc3c3ccccc23)cc1. The van der Waals surface area contributed by atoms with E-state index in [0.29, 0.717) is 5.75 Å². The molecule has 0 fully saturated rings. The third kappa shape index (κ3) is 2.95. The molecule has 1 aromatic heterocycles. The van der Waals surface area contributed by atoms with E-state index in [-0.39, 0.29) is 5.97 Å². The van der Waals surface area contributed by atoms with Gasteiger partial charge in [0.05, 0.1) is 5.52 Å². The molecule has 0 atom stereocenters. The predicted molar refractivity (Wildman–Crippen MR) is 119 cm³/mol. The Morgan fingerprint density at radius 3 is 2.21 bits per heavy atom. The minimum Gasteiger partial charge on any atom is -0.427 e. The van der Waals surface area contributed by atoms with E-state index < -0.39 is 0 Å². The molecule has 29 heavy (non-hydrogen) atoms. The molecule has 5 aromatic rings. The second-order valence-corrected chi connectivity index (χ2v) is 7.59. The van der Waals surface area contributed by atoms with E-state index in [0.717, 1.165) is 48.2 Å². The zero-order chi connectivity index (χ0) is 20.0. The molecule has 0 unspecified atom stereocenters. The number of halogens is 1. The number of ether oxygens (including phenoxy) is 1. The summed E-state index contributed by atoms with van der Waals surface area (Å²) < 4.78 is 6.15. The fourth-order valence-corrected chi connectivity index (χ4v) is 4.60. The molecule has 0 saturated carbocycles. The van der Waals surface area contributed by atoms with Crippen LogP contribution in [-0.2, 0) is 4.79 Å². The van der Waals surface area contributed by atoms with Crippen molar-refractivity contribution >= 4 is 54.5 Å². The molecule has 4 aromatic carbocycles. The second-order valence-electron chi connectivity index (χ2n) is 6.79. The van der Waals surface area contributed by atoms with Gasteiger partial charge in [0.1, 0.15) is 11.3 Å². The lowest BCUT2D eigenvalue weighted by molar-refractivity contribution is -0.131. The van der Waals surface area contributed by atoms with Crippen molar-refractivity contribution in [3.8, 4) is 16.9 Å². The highest BCUT2D eigenvalue weighted by Crippen LogP contribution is 2.43. The largest absolute Gasteiger partial charge is 0.427 e. The highest BCUT2D eigenvalue weighted by molar-refractivity contribution is 9.10. The maximum Gasteiger partial charge on any atom is 0.308 e. The zero-order valence-electron chi connectivity index (χ0n) is 15.5. The van der Waals surface area contributed by atoms with Crippen molar-refractivity contribution in [2.45, 2.75) is 6.92 Å².